The van der Waals surface area contributed by atoms with Crippen molar-refractivity contribution in [3.05, 3.63) is 87.3 Å². The Balaban J connectivity index is 1.72. The van der Waals surface area contributed by atoms with E-state index in [0.717, 1.165) is 17.3 Å². The highest BCUT2D eigenvalue weighted by molar-refractivity contribution is 8.18. The van der Waals surface area contributed by atoms with Crippen molar-refractivity contribution in [1.29, 1.82) is 0 Å². The number of carboxylic acids is 1. The molecule has 1 aliphatic heterocycles. The summed E-state index contributed by atoms with van der Waals surface area (Å²) < 4.78 is 10.4. The summed E-state index contributed by atoms with van der Waals surface area (Å²) >= 11 is 7.30. The first-order chi connectivity index (χ1) is 17.3. The van der Waals surface area contributed by atoms with Crippen LogP contribution in [0.3, 0.4) is 0 Å². The summed E-state index contributed by atoms with van der Waals surface area (Å²) in [6.07, 6.45) is 1.54. The van der Waals surface area contributed by atoms with Gasteiger partial charge in [-0.25, -0.2) is 9.79 Å². The Kier molecular flexibility index (Phi) is 7.52. The summed E-state index contributed by atoms with van der Waals surface area (Å²) in [7, 11) is 2.98. The van der Waals surface area contributed by atoms with Crippen LogP contribution in [0.4, 0.5) is 5.69 Å². The number of aliphatic imine (C=N–C) groups is 1. The van der Waals surface area contributed by atoms with Gasteiger partial charge in [-0.2, -0.15) is 0 Å². The number of benzene rings is 3. The van der Waals surface area contributed by atoms with Crippen LogP contribution in [0.1, 0.15) is 21.5 Å². The standard InChI is InChI=1S/C26H21ClN2O6S/c1-34-20-9-7-19(8-10-20)28-26-29(14-15-3-5-16(6-4-15)25(32)33)24(31)22(36-26)12-17-11-18(27)13-21(35-2)23(17)30/h3-13,30H,14H2,1-2H3,(H,32,33)/b22-12-,28-26?. The summed E-state index contributed by atoms with van der Waals surface area (Å²) in [5.41, 5.74) is 1.82. The molecule has 1 aliphatic rings. The lowest BCUT2D eigenvalue weighted by atomic mass is 10.1. The Labute approximate surface area is 216 Å². The van der Waals surface area contributed by atoms with Gasteiger partial charge in [0.15, 0.2) is 16.7 Å². The van der Waals surface area contributed by atoms with Gasteiger partial charge < -0.3 is 19.7 Å². The molecule has 0 saturated carbocycles. The molecule has 3 aromatic rings. The molecular formula is C26H21ClN2O6S. The SMILES string of the molecule is COc1ccc(N=C2S/C(=C\c3cc(Cl)cc(OC)c3O)C(=O)N2Cc2ccc(C(=O)O)cc2)cc1. The molecule has 2 N–H and O–H groups in total. The summed E-state index contributed by atoms with van der Waals surface area (Å²) in [5, 5.41) is 20.5. The summed E-state index contributed by atoms with van der Waals surface area (Å²) in [4.78, 5) is 31.1. The normalized spacial score (nSPS) is 15.5. The number of ether oxygens (including phenoxy) is 2. The van der Waals surface area contributed by atoms with E-state index >= 15 is 0 Å². The zero-order valence-corrected chi connectivity index (χ0v) is 20.8. The minimum absolute atomic E-state index is 0.140. The first-order valence-electron chi connectivity index (χ1n) is 10.6. The Morgan fingerprint density at radius 3 is 2.39 bits per heavy atom. The number of methoxy groups -OCH3 is 2. The number of halogens is 1. The predicted molar refractivity (Wildman–Crippen MR) is 139 cm³/mol. The molecule has 10 heteroatoms. The van der Waals surface area contributed by atoms with E-state index < -0.39 is 5.97 Å². The van der Waals surface area contributed by atoms with E-state index in [1.807, 2.05) is 0 Å². The van der Waals surface area contributed by atoms with Crippen molar-refractivity contribution in [3.8, 4) is 17.2 Å². The van der Waals surface area contributed by atoms with Gasteiger partial charge in [-0.15, -0.1) is 0 Å². The molecule has 3 aromatic carbocycles. The number of carboxylic acid groups (broad SMARTS) is 1. The quantitative estimate of drug-likeness (QED) is 0.389. The number of carbonyl (C=O) groups is 2. The highest BCUT2D eigenvalue weighted by Gasteiger charge is 2.34. The number of aromatic hydroxyl groups is 1. The van der Waals surface area contributed by atoms with Crippen LogP contribution >= 0.6 is 23.4 Å². The molecule has 4 rings (SSSR count). The fraction of sp³-hybridized carbons (Fsp3) is 0.115. The number of carbonyl (C=O) groups excluding carboxylic acids is 1. The van der Waals surface area contributed by atoms with Gasteiger partial charge in [-0.1, -0.05) is 23.7 Å². The topological polar surface area (TPSA) is 109 Å². The molecule has 0 aromatic heterocycles. The second kappa shape index (κ2) is 10.8. The summed E-state index contributed by atoms with van der Waals surface area (Å²) in [6.45, 7) is 0.170. The number of nitrogens with zero attached hydrogens (tertiary/aromatic N) is 2. The van der Waals surface area contributed by atoms with E-state index in [1.54, 1.807) is 43.5 Å². The van der Waals surface area contributed by atoms with Crippen LogP contribution in [-0.2, 0) is 11.3 Å². The van der Waals surface area contributed by atoms with E-state index in [1.165, 1.54) is 42.4 Å². The van der Waals surface area contributed by atoms with Crippen molar-refractivity contribution in [2.75, 3.05) is 14.2 Å². The molecular weight excluding hydrogens is 504 g/mol. The van der Waals surface area contributed by atoms with Crippen molar-refractivity contribution in [2.24, 2.45) is 4.99 Å². The van der Waals surface area contributed by atoms with E-state index in [4.69, 9.17) is 26.2 Å². The van der Waals surface area contributed by atoms with Gasteiger partial charge in [-0.3, -0.25) is 9.69 Å². The zero-order valence-electron chi connectivity index (χ0n) is 19.3. The zero-order chi connectivity index (χ0) is 25.8. The Morgan fingerprint density at radius 1 is 1.08 bits per heavy atom. The maximum absolute atomic E-state index is 13.4. The summed E-state index contributed by atoms with van der Waals surface area (Å²) in [6, 6.07) is 16.4. The molecule has 1 saturated heterocycles. The number of hydrogen-bond donors (Lipinski definition) is 2. The predicted octanol–water partition coefficient (Wildman–Crippen LogP) is 5.57. The number of amidine groups is 1. The Morgan fingerprint density at radius 2 is 1.78 bits per heavy atom. The maximum atomic E-state index is 13.4. The van der Waals surface area contributed by atoms with Gasteiger partial charge in [0.25, 0.3) is 5.91 Å². The maximum Gasteiger partial charge on any atom is 0.335 e. The Bertz CT molecular complexity index is 1370. The summed E-state index contributed by atoms with van der Waals surface area (Å²) in [5.74, 6) is -0.632. The van der Waals surface area contributed by atoms with Crippen molar-refractivity contribution in [3.63, 3.8) is 0 Å². The number of phenolic OH excluding ortho intramolecular Hbond substituents is 1. The monoisotopic (exact) mass is 524 g/mol. The minimum atomic E-state index is -1.03. The van der Waals surface area contributed by atoms with Gasteiger partial charge >= 0.3 is 5.97 Å². The van der Waals surface area contributed by atoms with Crippen LogP contribution in [0.5, 0.6) is 17.2 Å². The molecule has 0 unspecified atom stereocenters. The van der Waals surface area contributed by atoms with Crippen molar-refractivity contribution in [1.82, 2.24) is 4.90 Å². The molecule has 1 heterocycles. The van der Waals surface area contributed by atoms with Crippen molar-refractivity contribution in [2.45, 2.75) is 6.54 Å². The van der Waals surface area contributed by atoms with Gasteiger partial charge in [0.1, 0.15) is 5.75 Å². The molecule has 184 valence electrons. The highest BCUT2D eigenvalue weighted by Crippen LogP contribution is 2.39. The first-order valence-corrected chi connectivity index (χ1v) is 11.8. The molecule has 0 radical (unpaired) electrons. The highest BCUT2D eigenvalue weighted by atomic mass is 35.5. The lowest BCUT2D eigenvalue weighted by Gasteiger charge is -2.16. The van der Waals surface area contributed by atoms with Gasteiger partial charge in [0.05, 0.1) is 36.9 Å². The van der Waals surface area contributed by atoms with Crippen LogP contribution in [-0.4, -0.2) is 46.4 Å². The third-order valence-electron chi connectivity index (χ3n) is 5.30. The number of hydrogen-bond acceptors (Lipinski definition) is 7. The van der Waals surface area contributed by atoms with Crippen LogP contribution in [0, 0.1) is 0 Å². The second-order valence-corrected chi connectivity index (χ2v) is 9.09. The lowest BCUT2D eigenvalue weighted by Crippen LogP contribution is -2.28. The molecule has 1 fully saturated rings. The Hall–Kier alpha value is -3.95. The average Bonchev–Trinajstić information content (AvgIpc) is 3.15. The number of thioether (sulfide) groups is 1. The van der Waals surface area contributed by atoms with E-state index in [-0.39, 0.29) is 29.5 Å². The van der Waals surface area contributed by atoms with Crippen LogP contribution in [0.15, 0.2) is 70.6 Å². The number of aromatic carboxylic acids is 1. The number of amides is 1. The molecule has 8 nitrogen and oxygen atoms in total. The molecule has 0 atom stereocenters. The molecule has 1 amide bonds. The largest absolute Gasteiger partial charge is 0.504 e. The van der Waals surface area contributed by atoms with Gasteiger partial charge in [0, 0.05) is 16.7 Å². The van der Waals surface area contributed by atoms with Crippen LogP contribution in [0.25, 0.3) is 6.08 Å². The second-order valence-electron chi connectivity index (χ2n) is 7.64. The molecule has 0 aliphatic carbocycles. The van der Waals surface area contributed by atoms with E-state index in [2.05, 4.69) is 4.99 Å². The van der Waals surface area contributed by atoms with Crippen LogP contribution in [0.2, 0.25) is 5.02 Å². The van der Waals surface area contributed by atoms with Crippen molar-refractivity contribution < 1.29 is 29.3 Å². The van der Waals surface area contributed by atoms with Gasteiger partial charge in [-0.05, 0) is 65.9 Å². The number of rotatable bonds is 7. The van der Waals surface area contributed by atoms with E-state index in [9.17, 15) is 14.7 Å². The van der Waals surface area contributed by atoms with Gasteiger partial charge in [0.2, 0.25) is 0 Å². The molecule has 36 heavy (non-hydrogen) atoms. The third kappa shape index (κ3) is 5.48. The fourth-order valence-electron chi connectivity index (χ4n) is 3.43. The van der Waals surface area contributed by atoms with E-state index in [0.29, 0.717) is 32.1 Å². The minimum Gasteiger partial charge on any atom is -0.504 e. The lowest BCUT2D eigenvalue weighted by molar-refractivity contribution is -0.122. The van der Waals surface area contributed by atoms with Crippen LogP contribution < -0.4 is 9.47 Å². The smallest absolute Gasteiger partial charge is 0.335 e. The first kappa shape index (κ1) is 25.2. The van der Waals surface area contributed by atoms with Crippen molar-refractivity contribution >= 4 is 52.2 Å². The average molecular weight is 525 g/mol. The fourth-order valence-corrected chi connectivity index (χ4v) is 4.64. The third-order valence-corrected chi connectivity index (χ3v) is 6.53. The molecule has 0 spiro atoms. The molecule has 0 bridgehead atoms. The number of phenols is 1.